The maximum absolute atomic E-state index is 10.6. The van der Waals surface area contributed by atoms with Gasteiger partial charge in [0.15, 0.2) is 5.96 Å². The molecule has 1 aromatic rings. The van der Waals surface area contributed by atoms with Gasteiger partial charge in [-0.25, -0.2) is 0 Å². The van der Waals surface area contributed by atoms with E-state index in [4.69, 9.17) is 5.73 Å². The summed E-state index contributed by atoms with van der Waals surface area (Å²) in [6, 6.07) is 10.1. The number of hydrogen-bond acceptors (Lipinski definition) is 2. The largest absolute Gasteiger partial charge is 0.370 e. The molecule has 4 N–H and O–H groups in total. The summed E-state index contributed by atoms with van der Waals surface area (Å²) in [5.74, 6) is 0.368. The van der Waals surface area contributed by atoms with Gasteiger partial charge in [-0.1, -0.05) is 30.3 Å². The molecule has 0 fully saturated rings. The molecule has 1 rings (SSSR count). The monoisotopic (exact) mass is 376 g/mol. The molecule has 5 nitrogen and oxygen atoms in total. The van der Waals surface area contributed by atoms with E-state index in [0.29, 0.717) is 25.6 Å². The second-order valence-corrected chi connectivity index (χ2v) is 3.91. The van der Waals surface area contributed by atoms with E-state index in [1.54, 1.807) is 0 Å². The lowest BCUT2D eigenvalue weighted by atomic mass is 10.2. The highest BCUT2D eigenvalue weighted by Crippen LogP contribution is 1.98. The zero-order chi connectivity index (χ0) is 13.2. The molecule has 1 amide bonds. The van der Waals surface area contributed by atoms with Crippen molar-refractivity contribution in [1.29, 1.82) is 0 Å². The van der Waals surface area contributed by atoms with E-state index in [9.17, 15) is 4.79 Å². The molecule has 6 heteroatoms. The molecule has 106 valence electrons. The van der Waals surface area contributed by atoms with Gasteiger partial charge < -0.3 is 16.4 Å². The fraction of sp³-hybridized carbons (Fsp3) is 0.385. The van der Waals surface area contributed by atoms with Crippen LogP contribution in [0.3, 0.4) is 0 Å². The van der Waals surface area contributed by atoms with Crippen molar-refractivity contribution in [2.24, 2.45) is 10.7 Å². The van der Waals surface area contributed by atoms with Crippen molar-refractivity contribution in [3.05, 3.63) is 35.9 Å². The number of nitrogens with two attached hydrogens (primary N) is 1. The van der Waals surface area contributed by atoms with Gasteiger partial charge in [0.2, 0.25) is 5.91 Å². The molecule has 0 aliphatic carbocycles. The van der Waals surface area contributed by atoms with E-state index in [0.717, 1.165) is 6.42 Å². The Hall–Kier alpha value is -1.31. The predicted molar refractivity (Wildman–Crippen MR) is 88.7 cm³/mol. The van der Waals surface area contributed by atoms with Crippen LogP contribution in [0.15, 0.2) is 35.3 Å². The van der Waals surface area contributed by atoms with Crippen molar-refractivity contribution in [3.63, 3.8) is 0 Å². The van der Waals surface area contributed by atoms with Gasteiger partial charge in [-0.2, -0.15) is 0 Å². The third-order valence-corrected chi connectivity index (χ3v) is 2.33. The lowest BCUT2D eigenvalue weighted by Crippen LogP contribution is -2.38. The summed E-state index contributed by atoms with van der Waals surface area (Å²) in [7, 11) is 0. The van der Waals surface area contributed by atoms with Crippen molar-refractivity contribution in [2.75, 3.05) is 19.6 Å². The molecule has 0 aliphatic rings. The van der Waals surface area contributed by atoms with Gasteiger partial charge in [0.1, 0.15) is 0 Å². The summed E-state index contributed by atoms with van der Waals surface area (Å²) in [4.78, 5) is 14.8. The standard InChI is InChI=1S/C13H20N4O.HI/c1-11(18)15-9-10-17-13(14)16-8-7-12-5-3-2-4-6-12;/h2-6H,7-10H2,1H3,(H,15,18)(H3,14,16,17);1H. The lowest BCUT2D eigenvalue weighted by molar-refractivity contribution is -0.118. The van der Waals surface area contributed by atoms with Crippen LogP contribution in [0.25, 0.3) is 0 Å². The Morgan fingerprint density at radius 1 is 1.21 bits per heavy atom. The number of carbonyl (C=O) groups excluding carboxylic acids is 1. The average molecular weight is 376 g/mol. The molecule has 0 atom stereocenters. The Bertz CT molecular complexity index is 395. The first-order valence-electron chi connectivity index (χ1n) is 6.00. The fourth-order valence-corrected chi connectivity index (χ4v) is 1.44. The number of carbonyl (C=O) groups is 1. The summed E-state index contributed by atoms with van der Waals surface area (Å²) in [6.45, 7) is 3.27. The topological polar surface area (TPSA) is 79.5 Å². The molecular weight excluding hydrogens is 355 g/mol. The number of hydrogen-bond donors (Lipinski definition) is 3. The number of aliphatic imine (C=N–C) groups is 1. The summed E-state index contributed by atoms with van der Waals surface area (Å²) in [6.07, 6.45) is 0.870. The van der Waals surface area contributed by atoms with Crippen LogP contribution in [0.1, 0.15) is 12.5 Å². The smallest absolute Gasteiger partial charge is 0.216 e. The molecule has 0 bridgehead atoms. The van der Waals surface area contributed by atoms with Gasteiger partial charge in [-0.15, -0.1) is 24.0 Å². The molecule has 0 aliphatic heterocycles. The molecule has 0 saturated carbocycles. The van der Waals surface area contributed by atoms with Crippen LogP contribution in [-0.2, 0) is 11.2 Å². The highest BCUT2D eigenvalue weighted by molar-refractivity contribution is 14.0. The molecule has 1 aromatic carbocycles. The molecule has 0 heterocycles. The van der Waals surface area contributed by atoms with E-state index in [1.807, 2.05) is 18.2 Å². The van der Waals surface area contributed by atoms with Gasteiger partial charge in [0.05, 0.1) is 0 Å². The van der Waals surface area contributed by atoms with Crippen molar-refractivity contribution < 1.29 is 4.79 Å². The minimum absolute atomic E-state index is 0. The van der Waals surface area contributed by atoms with Crippen LogP contribution in [0, 0.1) is 0 Å². The normalized spacial score (nSPS) is 10.5. The number of benzene rings is 1. The highest BCUT2D eigenvalue weighted by Gasteiger charge is 1.94. The number of guanidine groups is 1. The summed E-state index contributed by atoms with van der Waals surface area (Å²) in [5.41, 5.74) is 6.92. The highest BCUT2D eigenvalue weighted by atomic mass is 127. The first-order valence-corrected chi connectivity index (χ1v) is 6.00. The van der Waals surface area contributed by atoms with E-state index in [1.165, 1.54) is 12.5 Å². The lowest BCUT2D eigenvalue weighted by Gasteiger charge is -2.06. The predicted octanol–water partition coefficient (Wildman–Crippen LogP) is 0.888. The molecule has 0 aromatic heterocycles. The summed E-state index contributed by atoms with van der Waals surface area (Å²) in [5, 5.41) is 5.61. The Labute approximate surface area is 131 Å². The fourth-order valence-electron chi connectivity index (χ4n) is 1.44. The zero-order valence-corrected chi connectivity index (χ0v) is 13.4. The third kappa shape index (κ3) is 9.29. The third-order valence-electron chi connectivity index (χ3n) is 2.33. The van der Waals surface area contributed by atoms with E-state index in [2.05, 4.69) is 27.8 Å². The summed E-state index contributed by atoms with van der Waals surface area (Å²) >= 11 is 0. The van der Waals surface area contributed by atoms with Crippen LogP contribution >= 0.6 is 24.0 Å². The van der Waals surface area contributed by atoms with Crippen molar-refractivity contribution in [3.8, 4) is 0 Å². The number of nitrogens with one attached hydrogen (secondary N) is 2. The first-order chi connectivity index (χ1) is 8.68. The summed E-state index contributed by atoms with van der Waals surface area (Å²) < 4.78 is 0. The van der Waals surface area contributed by atoms with Crippen LogP contribution in [0.5, 0.6) is 0 Å². The van der Waals surface area contributed by atoms with Gasteiger partial charge in [0, 0.05) is 26.6 Å². The van der Waals surface area contributed by atoms with Gasteiger partial charge >= 0.3 is 0 Å². The molecular formula is C13H21IN4O. The Balaban J connectivity index is 0.00000324. The van der Waals surface area contributed by atoms with Gasteiger partial charge in [-0.3, -0.25) is 9.79 Å². The number of nitrogens with zero attached hydrogens (tertiary/aromatic N) is 1. The van der Waals surface area contributed by atoms with Crippen LogP contribution in [0.4, 0.5) is 0 Å². The Morgan fingerprint density at radius 2 is 1.84 bits per heavy atom. The molecule has 0 radical (unpaired) electrons. The van der Waals surface area contributed by atoms with Crippen LogP contribution < -0.4 is 16.4 Å². The van der Waals surface area contributed by atoms with Gasteiger partial charge in [-0.05, 0) is 12.0 Å². The van der Waals surface area contributed by atoms with Crippen LogP contribution in [-0.4, -0.2) is 31.5 Å². The minimum atomic E-state index is -0.0450. The molecule has 19 heavy (non-hydrogen) atoms. The number of rotatable bonds is 6. The van der Waals surface area contributed by atoms with Crippen LogP contribution in [0.2, 0.25) is 0 Å². The van der Waals surface area contributed by atoms with Gasteiger partial charge in [0.25, 0.3) is 0 Å². The number of halogens is 1. The zero-order valence-electron chi connectivity index (χ0n) is 11.1. The van der Waals surface area contributed by atoms with Crippen molar-refractivity contribution in [1.82, 2.24) is 10.6 Å². The van der Waals surface area contributed by atoms with Crippen molar-refractivity contribution in [2.45, 2.75) is 13.3 Å². The second-order valence-electron chi connectivity index (χ2n) is 3.91. The first kappa shape index (κ1) is 17.7. The Morgan fingerprint density at radius 3 is 2.47 bits per heavy atom. The number of amides is 1. The maximum atomic E-state index is 10.6. The SMILES string of the molecule is CC(=O)NCCNC(N)=NCCc1ccccc1.I. The van der Waals surface area contributed by atoms with E-state index < -0.39 is 0 Å². The molecule has 0 unspecified atom stereocenters. The Kier molecular flexibility index (Phi) is 9.87. The minimum Gasteiger partial charge on any atom is -0.370 e. The molecule has 0 spiro atoms. The van der Waals surface area contributed by atoms with Crippen molar-refractivity contribution >= 4 is 35.8 Å². The van der Waals surface area contributed by atoms with E-state index >= 15 is 0 Å². The van der Waals surface area contributed by atoms with E-state index in [-0.39, 0.29) is 29.9 Å². The second kappa shape index (κ2) is 10.6. The quantitative estimate of drug-likeness (QED) is 0.299. The molecule has 0 saturated heterocycles. The maximum Gasteiger partial charge on any atom is 0.216 e. The average Bonchev–Trinajstić information content (AvgIpc) is 2.36.